The van der Waals surface area contributed by atoms with Crippen LogP contribution in [0.25, 0.3) is 5.57 Å². The summed E-state index contributed by atoms with van der Waals surface area (Å²) in [5.41, 5.74) is 15.6. The van der Waals surface area contributed by atoms with Gasteiger partial charge in [-0.2, -0.15) is 0 Å². The molecular formula is C32H35N. The van der Waals surface area contributed by atoms with Crippen molar-refractivity contribution in [2.75, 3.05) is 5.73 Å². The quantitative estimate of drug-likeness (QED) is 0.390. The van der Waals surface area contributed by atoms with Crippen molar-refractivity contribution in [3.63, 3.8) is 0 Å². The van der Waals surface area contributed by atoms with Crippen LogP contribution >= 0.6 is 0 Å². The van der Waals surface area contributed by atoms with Crippen molar-refractivity contribution in [3.05, 3.63) is 131 Å². The Hall–Kier alpha value is -3.32. The van der Waals surface area contributed by atoms with Crippen LogP contribution in [0, 0.1) is 5.41 Å². The lowest BCUT2D eigenvalue weighted by molar-refractivity contribution is 0.378. The molecule has 4 rings (SSSR count). The van der Waals surface area contributed by atoms with E-state index in [0.29, 0.717) is 5.41 Å². The summed E-state index contributed by atoms with van der Waals surface area (Å²) in [6.45, 7) is 13.2. The summed E-state index contributed by atoms with van der Waals surface area (Å²) < 4.78 is 0. The van der Waals surface area contributed by atoms with Crippen LogP contribution < -0.4 is 5.73 Å². The van der Waals surface area contributed by atoms with Gasteiger partial charge in [-0.1, -0.05) is 106 Å². The minimum absolute atomic E-state index is 0.328. The van der Waals surface area contributed by atoms with Gasteiger partial charge in [0.1, 0.15) is 0 Å². The van der Waals surface area contributed by atoms with E-state index in [1.165, 1.54) is 45.4 Å². The Morgan fingerprint density at radius 3 is 2.06 bits per heavy atom. The predicted octanol–water partition coefficient (Wildman–Crippen LogP) is 8.11. The Labute approximate surface area is 199 Å². The van der Waals surface area contributed by atoms with E-state index in [2.05, 4.69) is 107 Å². The number of aryl methyl sites for hydroxylation is 1. The lowest BCUT2D eigenvalue weighted by Crippen LogP contribution is -2.29. The molecule has 3 aromatic rings. The number of benzene rings is 3. The van der Waals surface area contributed by atoms with Crippen LogP contribution in [0.2, 0.25) is 0 Å². The largest absolute Gasteiger partial charge is 0.399 e. The lowest BCUT2D eigenvalue weighted by Gasteiger charge is -2.35. The van der Waals surface area contributed by atoms with Crippen LogP contribution in [0.3, 0.4) is 0 Å². The van der Waals surface area contributed by atoms with Gasteiger partial charge in [0.25, 0.3) is 0 Å². The standard InChI is InChI=1S/C32H35N/c1-6-10-29-27(7-2)28-11-8-9-12-30(28)32(29,25-17-19-26(33)20-18-25)24-15-13-23(14-16-24)21-22-31(3,4)5/h6-20H,2,21-22,33H2,1,3-5H3/b10-6-. The number of nitrogens with two attached hydrogens (primary N) is 1. The normalized spacial score (nSPS) is 18.1. The SMILES string of the molecule is C=CC1=C(/C=C\C)C(c2ccc(N)cc2)(c2ccc(CCC(C)(C)C)cc2)c2ccccc21. The molecule has 0 bridgehead atoms. The minimum Gasteiger partial charge on any atom is -0.399 e. The van der Waals surface area contributed by atoms with Gasteiger partial charge in [-0.3, -0.25) is 0 Å². The Morgan fingerprint density at radius 2 is 1.48 bits per heavy atom. The summed E-state index contributed by atoms with van der Waals surface area (Å²) >= 11 is 0. The molecule has 0 spiro atoms. The predicted molar refractivity (Wildman–Crippen MR) is 143 cm³/mol. The average molecular weight is 434 g/mol. The average Bonchev–Trinajstić information content (AvgIpc) is 3.08. The van der Waals surface area contributed by atoms with Gasteiger partial charge in [-0.05, 0) is 76.3 Å². The first-order valence-electron chi connectivity index (χ1n) is 11.9. The Morgan fingerprint density at radius 1 is 0.879 bits per heavy atom. The van der Waals surface area contributed by atoms with Crippen molar-refractivity contribution < 1.29 is 0 Å². The zero-order valence-electron chi connectivity index (χ0n) is 20.4. The highest BCUT2D eigenvalue weighted by Crippen LogP contribution is 2.55. The monoisotopic (exact) mass is 433 g/mol. The highest BCUT2D eigenvalue weighted by molar-refractivity contribution is 5.91. The number of fused-ring (bicyclic) bond motifs is 1. The third-order valence-corrected chi connectivity index (χ3v) is 6.75. The van der Waals surface area contributed by atoms with Crippen LogP contribution in [0.1, 0.15) is 61.9 Å². The van der Waals surface area contributed by atoms with E-state index in [9.17, 15) is 0 Å². The summed E-state index contributed by atoms with van der Waals surface area (Å²) in [6.07, 6.45) is 8.65. The fraction of sp³-hybridized carbons (Fsp3) is 0.250. The first-order valence-corrected chi connectivity index (χ1v) is 11.9. The van der Waals surface area contributed by atoms with Gasteiger partial charge in [0.15, 0.2) is 0 Å². The third-order valence-electron chi connectivity index (χ3n) is 6.75. The summed E-state index contributed by atoms with van der Waals surface area (Å²) in [6, 6.07) is 26.4. The Bertz CT molecular complexity index is 1200. The van der Waals surface area contributed by atoms with Gasteiger partial charge in [0, 0.05) is 5.69 Å². The second-order valence-corrected chi connectivity index (χ2v) is 10.2. The molecule has 3 aromatic carbocycles. The molecule has 0 heterocycles. The van der Waals surface area contributed by atoms with Gasteiger partial charge in [-0.15, -0.1) is 0 Å². The van der Waals surface area contributed by atoms with E-state index in [1.807, 2.05) is 18.2 Å². The molecule has 0 fully saturated rings. The molecule has 0 amide bonds. The highest BCUT2D eigenvalue weighted by Gasteiger charge is 2.46. The molecule has 168 valence electrons. The maximum atomic E-state index is 6.09. The van der Waals surface area contributed by atoms with Crippen molar-refractivity contribution in [1.29, 1.82) is 0 Å². The second kappa shape index (κ2) is 8.90. The van der Waals surface area contributed by atoms with E-state index in [4.69, 9.17) is 5.73 Å². The summed E-state index contributed by atoms with van der Waals surface area (Å²) in [7, 11) is 0. The number of anilines is 1. The van der Waals surface area contributed by atoms with Gasteiger partial charge in [-0.25, -0.2) is 0 Å². The van der Waals surface area contributed by atoms with Crippen LogP contribution in [0.4, 0.5) is 5.69 Å². The first-order chi connectivity index (χ1) is 15.8. The topological polar surface area (TPSA) is 26.0 Å². The van der Waals surface area contributed by atoms with Crippen molar-refractivity contribution in [2.45, 2.75) is 46.0 Å². The van der Waals surface area contributed by atoms with Crippen LogP contribution in [0.15, 0.2) is 103 Å². The van der Waals surface area contributed by atoms with E-state index in [1.54, 1.807) is 0 Å². The number of allylic oxidation sites excluding steroid dienone is 5. The molecule has 1 atom stereocenters. The molecule has 1 aliphatic rings. The van der Waals surface area contributed by atoms with E-state index in [-0.39, 0.29) is 0 Å². The zero-order chi connectivity index (χ0) is 23.6. The molecule has 2 N–H and O–H groups in total. The van der Waals surface area contributed by atoms with Gasteiger partial charge >= 0.3 is 0 Å². The maximum Gasteiger partial charge on any atom is 0.0713 e. The number of hydrogen-bond acceptors (Lipinski definition) is 1. The zero-order valence-corrected chi connectivity index (χ0v) is 20.4. The first kappa shape index (κ1) is 22.9. The smallest absolute Gasteiger partial charge is 0.0713 e. The molecule has 1 heteroatoms. The Kier molecular flexibility index (Phi) is 6.17. The highest BCUT2D eigenvalue weighted by atomic mass is 14.5. The molecule has 1 aliphatic carbocycles. The summed E-state index contributed by atoms with van der Waals surface area (Å²) in [5, 5.41) is 0. The van der Waals surface area contributed by atoms with Crippen molar-refractivity contribution in [1.82, 2.24) is 0 Å². The molecule has 0 saturated heterocycles. The molecule has 0 aliphatic heterocycles. The molecular weight excluding hydrogens is 398 g/mol. The Balaban J connectivity index is 1.97. The van der Waals surface area contributed by atoms with E-state index >= 15 is 0 Å². The van der Waals surface area contributed by atoms with Crippen molar-refractivity contribution >= 4 is 11.3 Å². The fourth-order valence-electron chi connectivity index (χ4n) is 5.10. The second-order valence-electron chi connectivity index (χ2n) is 10.2. The number of hydrogen-bond donors (Lipinski definition) is 1. The minimum atomic E-state index is -0.414. The van der Waals surface area contributed by atoms with Crippen molar-refractivity contribution in [2.24, 2.45) is 5.41 Å². The molecule has 0 saturated carbocycles. The molecule has 1 unspecified atom stereocenters. The van der Waals surface area contributed by atoms with Crippen LogP contribution in [0.5, 0.6) is 0 Å². The number of nitrogen functional groups attached to an aromatic ring is 1. The molecule has 0 radical (unpaired) electrons. The van der Waals surface area contributed by atoms with E-state index < -0.39 is 5.41 Å². The van der Waals surface area contributed by atoms with Crippen LogP contribution in [-0.4, -0.2) is 0 Å². The van der Waals surface area contributed by atoms with Gasteiger partial charge in [0.2, 0.25) is 0 Å². The van der Waals surface area contributed by atoms with Crippen LogP contribution in [-0.2, 0) is 11.8 Å². The third kappa shape index (κ3) is 4.09. The number of rotatable bonds is 6. The molecule has 0 aromatic heterocycles. The summed E-state index contributed by atoms with van der Waals surface area (Å²) in [5.74, 6) is 0. The molecule has 33 heavy (non-hydrogen) atoms. The van der Waals surface area contributed by atoms with Gasteiger partial charge < -0.3 is 5.73 Å². The van der Waals surface area contributed by atoms with E-state index in [0.717, 1.165) is 12.1 Å². The molecule has 1 nitrogen and oxygen atoms in total. The summed E-state index contributed by atoms with van der Waals surface area (Å²) in [4.78, 5) is 0. The fourth-order valence-corrected chi connectivity index (χ4v) is 5.10. The lowest BCUT2D eigenvalue weighted by atomic mass is 9.66. The van der Waals surface area contributed by atoms with Crippen molar-refractivity contribution in [3.8, 4) is 0 Å². The van der Waals surface area contributed by atoms with Gasteiger partial charge in [0.05, 0.1) is 5.41 Å². The maximum absolute atomic E-state index is 6.09.